The van der Waals surface area contributed by atoms with Gasteiger partial charge in [-0.3, -0.25) is 4.79 Å². The van der Waals surface area contributed by atoms with E-state index in [-0.39, 0.29) is 11.5 Å². The molecule has 0 aliphatic heterocycles. The Bertz CT molecular complexity index is 1100. The van der Waals surface area contributed by atoms with Gasteiger partial charge in [-0.2, -0.15) is 0 Å². The number of aryl methyl sites for hydroxylation is 1. The second kappa shape index (κ2) is 29.6. The predicted molar refractivity (Wildman–Crippen MR) is 212 cm³/mol. The Morgan fingerprint density at radius 2 is 0.837 bits per heavy atom. The van der Waals surface area contributed by atoms with Crippen molar-refractivity contribution in [1.29, 1.82) is 0 Å². The molecule has 0 unspecified atom stereocenters. The number of rotatable bonds is 35. The molecular weight excluding hydrogens is 602 g/mol. The van der Waals surface area contributed by atoms with Crippen LogP contribution in [0.25, 0.3) is 10.9 Å². The molecule has 4 nitrogen and oxygen atoms in total. The molecule has 0 spiro atoms. The minimum atomic E-state index is -0.979. The molecule has 2 rings (SSSR count). The Balaban J connectivity index is 1.63. The van der Waals surface area contributed by atoms with Gasteiger partial charge in [-0.15, -0.1) is 0 Å². The van der Waals surface area contributed by atoms with Crippen LogP contribution in [0.2, 0.25) is 0 Å². The molecule has 1 heterocycles. The number of carboxylic acids is 1. The lowest BCUT2D eigenvalue weighted by atomic mass is 10.00. The molecule has 0 aliphatic rings. The molecule has 2 aromatic rings. The number of para-hydroxylation sites is 1. The van der Waals surface area contributed by atoms with E-state index in [1.54, 1.807) is 0 Å². The van der Waals surface area contributed by atoms with Crippen LogP contribution in [0.1, 0.15) is 240 Å². The van der Waals surface area contributed by atoms with Crippen LogP contribution >= 0.6 is 0 Å². The first kappa shape index (κ1) is 43.1. The van der Waals surface area contributed by atoms with Crippen LogP contribution < -0.4 is 0 Å². The van der Waals surface area contributed by atoms with E-state index < -0.39 is 5.97 Å². The van der Waals surface area contributed by atoms with Crippen LogP contribution in [-0.2, 0) is 6.54 Å². The van der Waals surface area contributed by atoms with Gasteiger partial charge in [0.2, 0.25) is 0 Å². The molecule has 0 bridgehead atoms. The number of fused-ring (bicyclic) bond motifs is 1. The second-order valence-corrected chi connectivity index (χ2v) is 15.1. The van der Waals surface area contributed by atoms with E-state index >= 15 is 0 Å². The van der Waals surface area contributed by atoms with Gasteiger partial charge in [0.15, 0.2) is 5.78 Å². The molecule has 0 radical (unpaired) electrons. The highest BCUT2D eigenvalue weighted by atomic mass is 16.4. The topological polar surface area (TPSA) is 59.3 Å². The number of ketones is 1. The van der Waals surface area contributed by atoms with E-state index in [0.29, 0.717) is 18.5 Å². The van der Waals surface area contributed by atoms with Gasteiger partial charge in [0, 0.05) is 23.9 Å². The molecule has 0 saturated heterocycles. The van der Waals surface area contributed by atoms with Gasteiger partial charge in [0.05, 0.1) is 5.56 Å². The van der Waals surface area contributed by atoms with Gasteiger partial charge < -0.3 is 9.67 Å². The molecule has 1 aromatic heterocycles. The SMILES string of the molecule is CCCCCCCCCCCCCCCCCCn1c(C(=O)O)c(C(=O)CCCCCCCCCCCCCCCCC)c2ccccc21. The van der Waals surface area contributed by atoms with Gasteiger partial charge in [0.25, 0.3) is 0 Å². The summed E-state index contributed by atoms with van der Waals surface area (Å²) in [6.07, 6.45) is 40.9. The summed E-state index contributed by atoms with van der Waals surface area (Å²) in [5.74, 6) is -0.985. The summed E-state index contributed by atoms with van der Waals surface area (Å²) in [7, 11) is 0. The fourth-order valence-electron chi connectivity index (χ4n) is 7.64. The number of carboxylic acid groups (broad SMARTS) is 1. The Labute approximate surface area is 302 Å². The normalized spacial score (nSPS) is 11.6. The second-order valence-electron chi connectivity index (χ2n) is 15.1. The lowest BCUT2D eigenvalue weighted by molar-refractivity contribution is 0.0680. The average molecular weight is 680 g/mol. The van der Waals surface area contributed by atoms with Crippen molar-refractivity contribution in [2.24, 2.45) is 0 Å². The molecule has 0 fully saturated rings. The van der Waals surface area contributed by atoms with Gasteiger partial charge in [-0.05, 0) is 18.9 Å². The van der Waals surface area contributed by atoms with Crippen LogP contribution in [-0.4, -0.2) is 21.4 Å². The molecule has 49 heavy (non-hydrogen) atoms. The first-order chi connectivity index (χ1) is 24.1. The van der Waals surface area contributed by atoms with Crippen molar-refractivity contribution in [3.63, 3.8) is 0 Å². The summed E-state index contributed by atoms with van der Waals surface area (Å²) in [5.41, 5.74) is 1.53. The zero-order chi connectivity index (χ0) is 35.2. The molecule has 1 aromatic carbocycles. The van der Waals surface area contributed by atoms with Crippen molar-refractivity contribution < 1.29 is 14.7 Å². The lowest BCUT2D eigenvalue weighted by Crippen LogP contribution is -2.13. The minimum absolute atomic E-state index is 0.00554. The van der Waals surface area contributed by atoms with Crippen molar-refractivity contribution in [1.82, 2.24) is 4.57 Å². The Hall–Kier alpha value is -2.10. The van der Waals surface area contributed by atoms with Crippen LogP contribution in [0.5, 0.6) is 0 Å². The van der Waals surface area contributed by atoms with E-state index in [9.17, 15) is 14.7 Å². The third-order valence-corrected chi connectivity index (χ3v) is 10.7. The first-order valence-electron chi connectivity index (χ1n) is 21.5. The van der Waals surface area contributed by atoms with Crippen molar-refractivity contribution >= 4 is 22.7 Å². The van der Waals surface area contributed by atoms with Crippen molar-refractivity contribution in [3.8, 4) is 0 Å². The van der Waals surface area contributed by atoms with E-state index in [2.05, 4.69) is 13.8 Å². The predicted octanol–water partition coefficient (Wildman–Crippen LogP) is 15.0. The molecule has 1 N–H and O–H groups in total. The summed E-state index contributed by atoms with van der Waals surface area (Å²) in [4.78, 5) is 26.0. The monoisotopic (exact) mass is 680 g/mol. The standard InChI is InChI=1S/C45H77NO3/c1-3-5-7-9-11-13-15-17-19-21-23-25-27-29-31-35-39-46-41-37-34-33-36-40(41)43(44(46)45(48)49)42(47)38-32-30-28-26-24-22-20-18-16-14-12-10-8-6-4-2/h33-34,36-37H,3-32,35,38-39H2,1-2H3,(H,48,49). The molecular formula is C45H77NO3. The number of carbonyl (C=O) groups excluding carboxylic acids is 1. The number of hydrogen-bond acceptors (Lipinski definition) is 2. The van der Waals surface area contributed by atoms with E-state index in [1.807, 2.05) is 28.8 Å². The van der Waals surface area contributed by atoms with E-state index in [4.69, 9.17) is 0 Å². The largest absolute Gasteiger partial charge is 0.477 e. The quantitative estimate of drug-likeness (QED) is 0.0582. The maximum atomic E-state index is 13.5. The van der Waals surface area contributed by atoms with Gasteiger partial charge in [-0.1, -0.05) is 218 Å². The number of Topliss-reactive ketones (excluding diaryl/α,β-unsaturated/α-hetero) is 1. The van der Waals surface area contributed by atoms with E-state index in [1.165, 1.54) is 167 Å². The maximum Gasteiger partial charge on any atom is 0.353 e. The van der Waals surface area contributed by atoms with Crippen LogP contribution in [0.3, 0.4) is 0 Å². The smallest absolute Gasteiger partial charge is 0.353 e. The molecule has 0 aliphatic carbocycles. The minimum Gasteiger partial charge on any atom is -0.477 e. The number of hydrogen-bond donors (Lipinski definition) is 1. The van der Waals surface area contributed by atoms with Crippen molar-refractivity contribution in [2.45, 2.75) is 226 Å². The molecule has 4 heteroatoms. The molecule has 0 saturated carbocycles. The Kier molecular flexibility index (Phi) is 26.0. The van der Waals surface area contributed by atoms with Crippen molar-refractivity contribution in [2.75, 3.05) is 0 Å². The Morgan fingerprint density at radius 1 is 0.490 bits per heavy atom. The van der Waals surface area contributed by atoms with Crippen LogP contribution in [0, 0.1) is 0 Å². The zero-order valence-corrected chi connectivity index (χ0v) is 32.4. The van der Waals surface area contributed by atoms with Crippen LogP contribution in [0.4, 0.5) is 0 Å². The number of benzene rings is 1. The fourth-order valence-corrected chi connectivity index (χ4v) is 7.64. The summed E-state index contributed by atoms with van der Waals surface area (Å²) < 4.78 is 1.92. The highest BCUT2D eigenvalue weighted by Crippen LogP contribution is 2.29. The van der Waals surface area contributed by atoms with E-state index in [0.717, 1.165) is 43.0 Å². The molecule has 0 amide bonds. The van der Waals surface area contributed by atoms with Crippen LogP contribution in [0.15, 0.2) is 24.3 Å². The average Bonchev–Trinajstić information content (AvgIpc) is 3.44. The summed E-state index contributed by atoms with van der Waals surface area (Å²) in [5, 5.41) is 11.1. The van der Waals surface area contributed by atoms with Gasteiger partial charge in [-0.25, -0.2) is 4.79 Å². The number of nitrogens with zero attached hydrogens (tertiary/aromatic N) is 1. The third-order valence-electron chi connectivity index (χ3n) is 10.7. The third kappa shape index (κ3) is 19.2. The van der Waals surface area contributed by atoms with Crippen molar-refractivity contribution in [3.05, 3.63) is 35.5 Å². The van der Waals surface area contributed by atoms with Gasteiger partial charge >= 0.3 is 5.97 Å². The summed E-state index contributed by atoms with van der Waals surface area (Å²) in [6, 6.07) is 7.81. The number of unbranched alkanes of at least 4 members (excludes halogenated alkanes) is 29. The first-order valence-corrected chi connectivity index (χ1v) is 21.5. The molecule has 0 atom stereocenters. The van der Waals surface area contributed by atoms with Gasteiger partial charge in [0.1, 0.15) is 5.69 Å². The number of aromatic nitrogens is 1. The fraction of sp³-hybridized carbons (Fsp3) is 0.778. The zero-order valence-electron chi connectivity index (χ0n) is 32.4. The number of carbonyl (C=O) groups is 2. The lowest BCUT2D eigenvalue weighted by Gasteiger charge is -2.09. The Morgan fingerprint density at radius 3 is 1.22 bits per heavy atom. The maximum absolute atomic E-state index is 13.5. The molecule has 280 valence electrons. The summed E-state index contributed by atoms with van der Waals surface area (Å²) >= 11 is 0. The number of aromatic carboxylic acids is 1. The highest BCUT2D eigenvalue weighted by molar-refractivity contribution is 6.15. The summed E-state index contributed by atoms with van der Waals surface area (Å²) in [6.45, 7) is 5.22. The highest BCUT2D eigenvalue weighted by Gasteiger charge is 2.26.